The van der Waals surface area contributed by atoms with Crippen molar-refractivity contribution in [1.29, 1.82) is 0 Å². The Kier molecular flexibility index (Phi) is 5.38. The summed E-state index contributed by atoms with van der Waals surface area (Å²) in [5.41, 5.74) is 0. The van der Waals surface area contributed by atoms with Crippen LogP contribution in [0.15, 0.2) is 0 Å². The summed E-state index contributed by atoms with van der Waals surface area (Å²) in [4.78, 5) is 16.1. The lowest BCUT2D eigenvalue weighted by molar-refractivity contribution is -0.121. The third-order valence-corrected chi connectivity index (χ3v) is 4.07. The van der Waals surface area contributed by atoms with Crippen molar-refractivity contribution in [3.63, 3.8) is 0 Å². The highest BCUT2D eigenvalue weighted by atomic mass is 16.5. The number of carbonyl (C=O) groups excluding carboxylic acids is 1. The molecular formula is C14H24N4O2. The van der Waals surface area contributed by atoms with E-state index in [2.05, 4.69) is 27.4 Å². The predicted octanol–water partition coefficient (Wildman–Crippen LogP) is 2.75. The summed E-state index contributed by atoms with van der Waals surface area (Å²) < 4.78 is 4.87. The fourth-order valence-electron chi connectivity index (χ4n) is 2.82. The Morgan fingerprint density at radius 1 is 1.40 bits per heavy atom. The summed E-state index contributed by atoms with van der Waals surface area (Å²) in [5.74, 6) is 1.31. The third-order valence-electron chi connectivity index (χ3n) is 4.07. The molecule has 20 heavy (non-hydrogen) atoms. The normalized spacial score (nSPS) is 22.5. The lowest BCUT2D eigenvalue weighted by atomic mass is 9.79. The second kappa shape index (κ2) is 7.26. The van der Waals surface area contributed by atoms with Crippen LogP contribution in [0.2, 0.25) is 0 Å². The van der Waals surface area contributed by atoms with E-state index in [9.17, 15) is 4.79 Å². The number of H-pyrrole nitrogens is 1. The highest BCUT2D eigenvalue weighted by Gasteiger charge is 2.26. The molecule has 1 saturated carbocycles. The molecule has 0 aliphatic heterocycles. The summed E-state index contributed by atoms with van der Waals surface area (Å²) in [6, 6.07) is 0.239. The first-order valence-electron chi connectivity index (χ1n) is 7.50. The number of amides is 1. The van der Waals surface area contributed by atoms with Crippen molar-refractivity contribution in [3.05, 3.63) is 0 Å². The zero-order chi connectivity index (χ0) is 14.4. The van der Waals surface area contributed by atoms with Crippen molar-refractivity contribution in [2.75, 3.05) is 12.4 Å². The average Bonchev–Trinajstić information content (AvgIpc) is 2.93. The SMILES string of the molecule is CCCCC1CCC(C(=O)Nc2nc(OC)n[nH]2)CC1. The van der Waals surface area contributed by atoms with Gasteiger partial charge in [0.1, 0.15) is 0 Å². The Morgan fingerprint density at radius 2 is 2.15 bits per heavy atom. The van der Waals surface area contributed by atoms with Gasteiger partial charge in [0, 0.05) is 5.92 Å². The number of carbonyl (C=O) groups is 1. The minimum atomic E-state index is 0.0396. The fraction of sp³-hybridized carbons (Fsp3) is 0.786. The second-order valence-corrected chi connectivity index (χ2v) is 5.52. The summed E-state index contributed by atoms with van der Waals surface area (Å²) in [5, 5.41) is 9.23. The molecule has 0 aromatic carbocycles. The standard InChI is InChI=1S/C14H24N4O2/c1-3-4-5-10-6-8-11(9-7-10)12(19)15-13-16-14(20-2)18-17-13/h10-11H,3-9H2,1-2H3,(H2,15,16,17,18,19). The van der Waals surface area contributed by atoms with Crippen molar-refractivity contribution >= 4 is 11.9 Å². The van der Waals surface area contributed by atoms with Gasteiger partial charge in [0.25, 0.3) is 0 Å². The number of aromatic amines is 1. The molecule has 1 fully saturated rings. The first-order valence-corrected chi connectivity index (χ1v) is 7.50. The van der Waals surface area contributed by atoms with Gasteiger partial charge in [-0.15, -0.1) is 5.10 Å². The molecule has 1 aliphatic carbocycles. The Labute approximate surface area is 119 Å². The molecule has 0 unspecified atom stereocenters. The van der Waals surface area contributed by atoms with E-state index in [0.29, 0.717) is 5.95 Å². The molecule has 6 heteroatoms. The van der Waals surface area contributed by atoms with Crippen LogP contribution in [0.4, 0.5) is 5.95 Å². The zero-order valence-corrected chi connectivity index (χ0v) is 12.3. The van der Waals surface area contributed by atoms with Crippen LogP contribution in [0.5, 0.6) is 6.01 Å². The minimum absolute atomic E-state index is 0.0396. The molecule has 1 aromatic rings. The van der Waals surface area contributed by atoms with E-state index in [0.717, 1.165) is 31.6 Å². The number of hydrogen-bond donors (Lipinski definition) is 2. The van der Waals surface area contributed by atoms with E-state index in [1.165, 1.54) is 26.4 Å². The molecule has 1 aliphatic rings. The number of hydrogen-bond acceptors (Lipinski definition) is 4. The number of aromatic nitrogens is 3. The van der Waals surface area contributed by atoms with Crippen molar-refractivity contribution in [2.45, 2.75) is 51.9 Å². The maximum absolute atomic E-state index is 12.1. The molecule has 2 rings (SSSR count). The fourth-order valence-corrected chi connectivity index (χ4v) is 2.82. The van der Waals surface area contributed by atoms with Gasteiger partial charge in [-0.05, 0) is 31.6 Å². The molecule has 1 amide bonds. The summed E-state index contributed by atoms with van der Waals surface area (Å²) >= 11 is 0. The number of nitrogens with zero attached hydrogens (tertiary/aromatic N) is 2. The van der Waals surface area contributed by atoms with E-state index < -0.39 is 0 Å². The Morgan fingerprint density at radius 3 is 2.75 bits per heavy atom. The summed E-state index contributed by atoms with van der Waals surface area (Å²) in [7, 11) is 1.49. The predicted molar refractivity (Wildman–Crippen MR) is 76.5 cm³/mol. The number of anilines is 1. The van der Waals surface area contributed by atoms with Gasteiger partial charge in [0.05, 0.1) is 7.11 Å². The van der Waals surface area contributed by atoms with Crippen LogP contribution in [0.3, 0.4) is 0 Å². The molecule has 1 heterocycles. The summed E-state index contributed by atoms with van der Waals surface area (Å²) in [6.07, 6.45) is 8.16. The minimum Gasteiger partial charge on any atom is -0.466 e. The monoisotopic (exact) mass is 280 g/mol. The molecular weight excluding hydrogens is 256 g/mol. The van der Waals surface area contributed by atoms with Gasteiger partial charge in [-0.2, -0.15) is 4.98 Å². The van der Waals surface area contributed by atoms with E-state index in [1.807, 2.05) is 0 Å². The van der Waals surface area contributed by atoms with Crippen LogP contribution in [-0.4, -0.2) is 28.2 Å². The van der Waals surface area contributed by atoms with Gasteiger partial charge >= 0.3 is 6.01 Å². The Balaban J connectivity index is 1.76. The van der Waals surface area contributed by atoms with Crippen LogP contribution < -0.4 is 10.1 Å². The van der Waals surface area contributed by atoms with E-state index in [-0.39, 0.29) is 17.8 Å². The molecule has 1 aromatic heterocycles. The van der Waals surface area contributed by atoms with Crippen LogP contribution >= 0.6 is 0 Å². The third kappa shape index (κ3) is 3.95. The summed E-state index contributed by atoms with van der Waals surface area (Å²) in [6.45, 7) is 2.23. The Hall–Kier alpha value is -1.59. The molecule has 0 bridgehead atoms. The first kappa shape index (κ1) is 14.8. The largest absolute Gasteiger partial charge is 0.466 e. The van der Waals surface area contributed by atoms with Crippen LogP contribution in [0.25, 0.3) is 0 Å². The lowest BCUT2D eigenvalue weighted by Gasteiger charge is -2.27. The van der Waals surface area contributed by atoms with Gasteiger partial charge in [0.15, 0.2) is 0 Å². The molecule has 6 nitrogen and oxygen atoms in total. The number of unbranched alkanes of at least 4 members (excludes halogenated alkanes) is 1. The smallest absolute Gasteiger partial charge is 0.336 e. The van der Waals surface area contributed by atoms with Gasteiger partial charge in [0.2, 0.25) is 11.9 Å². The van der Waals surface area contributed by atoms with Crippen molar-refractivity contribution in [3.8, 4) is 6.01 Å². The molecule has 2 N–H and O–H groups in total. The maximum atomic E-state index is 12.1. The number of ether oxygens (including phenoxy) is 1. The van der Waals surface area contributed by atoms with Crippen molar-refractivity contribution < 1.29 is 9.53 Å². The van der Waals surface area contributed by atoms with Crippen LogP contribution in [-0.2, 0) is 4.79 Å². The van der Waals surface area contributed by atoms with Gasteiger partial charge < -0.3 is 4.74 Å². The molecule has 0 spiro atoms. The van der Waals surface area contributed by atoms with Gasteiger partial charge in [-0.25, -0.2) is 5.10 Å². The van der Waals surface area contributed by atoms with Crippen LogP contribution in [0, 0.1) is 11.8 Å². The second-order valence-electron chi connectivity index (χ2n) is 5.52. The molecule has 0 saturated heterocycles. The average molecular weight is 280 g/mol. The maximum Gasteiger partial charge on any atom is 0.336 e. The topological polar surface area (TPSA) is 79.9 Å². The zero-order valence-electron chi connectivity index (χ0n) is 12.3. The van der Waals surface area contributed by atoms with E-state index in [4.69, 9.17) is 4.74 Å². The van der Waals surface area contributed by atoms with Gasteiger partial charge in [-0.1, -0.05) is 26.2 Å². The molecule has 0 radical (unpaired) electrons. The number of nitrogens with one attached hydrogen (secondary N) is 2. The van der Waals surface area contributed by atoms with E-state index >= 15 is 0 Å². The lowest BCUT2D eigenvalue weighted by Crippen LogP contribution is -2.27. The first-order chi connectivity index (χ1) is 9.72. The quantitative estimate of drug-likeness (QED) is 0.839. The highest BCUT2D eigenvalue weighted by molar-refractivity contribution is 5.90. The molecule has 0 atom stereocenters. The van der Waals surface area contributed by atoms with E-state index in [1.54, 1.807) is 0 Å². The van der Waals surface area contributed by atoms with Crippen molar-refractivity contribution in [1.82, 2.24) is 15.2 Å². The number of methoxy groups -OCH3 is 1. The highest BCUT2D eigenvalue weighted by Crippen LogP contribution is 2.32. The van der Waals surface area contributed by atoms with Crippen LogP contribution in [0.1, 0.15) is 51.9 Å². The van der Waals surface area contributed by atoms with Crippen molar-refractivity contribution in [2.24, 2.45) is 11.8 Å². The molecule has 112 valence electrons. The Bertz CT molecular complexity index is 425. The number of rotatable bonds is 6. The van der Waals surface area contributed by atoms with Gasteiger partial charge in [-0.3, -0.25) is 10.1 Å².